The molecular formula is C14H12BrClF3NS. The average molecular weight is 399 g/mol. The van der Waals surface area contributed by atoms with Gasteiger partial charge in [-0.1, -0.05) is 40.5 Å². The largest absolute Gasteiger partial charge is 0.416 e. The maximum absolute atomic E-state index is 13.3. The number of hydrogen-bond acceptors (Lipinski definition) is 2. The average Bonchev–Trinajstić information content (AvgIpc) is 2.82. The van der Waals surface area contributed by atoms with Crippen LogP contribution >= 0.6 is 38.9 Å². The molecule has 1 N–H and O–H groups in total. The lowest BCUT2D eigenvalue weighted by Gasteiger charge is -2.22. The van der Waals surface area contributed by atoms with Crippen LogP contribution in [0, 0.1) is 0 Å². The van der Waals surface area contributed by atoms with Gasteiger partial charge in [0, 0.05) is 9.35 Å². The standard InChI is InChI=1S/C14H12BrClF3NS/c1-2-20-13(11-5-6-12(16)21-11)9-4-3-8(15)7-10(9)14(17,18)19/h3-7,13,20H,2H2,1H3. The summed E-state index contributed by atoms with van der Waals surface area (Å²) in [6.45, 7) is 2.40. The van der Waals surface area contributed by atoms with Crippen molar-refractivity contribution in [1.82, 2.24) is 5.32 Å². The van der Waals surface area contributed by atoms with E-state index in [1.165, 1.54) is 17.4 Å². The fourth-order valence-electron chi connectivity index (χ4n) is 2.08. The first-order valence-electron chi connectivity index (χ1n) is 6.18. The summed E-state index contributed by atoms with van der Waals surface area (Å²) in [6.07, 6.45) is -4.41. The van der Waals surface area contributed by atoms with Gasteiger partial charge in [-0.2, -0.15) is 13.2 Å². The van der Waals surface area contributed by atoms with Gasteiger partial charge in [0.1, 0.15) is 0 Å². The van der Waals surface area contributed by atoms with Gasteiger partial charge in [0.15, 0.2) is 0 Å². The van der Waals surface area contributed by atoms with Gasteiger partial charge >= 0.3 is 6.18 Å². The highest BCUT2D eigenvalue weighted by molar-refractivity contribution is 9.10. The van der Waals surface area contributed by atoms with Gasteiger partial charge in [-0.05, 0) is 36.4 Å². The van der Waals surface area contributed by atoms with Crippen LogP contribution in [0.1, 0.15) is 29.0 Å². The zero-order chi connectivity index (χ0) is 15.6. The van der Waals surface area contributed by atoms with E-state index in [4.69, 9.17) is 11.6 Å². The smallest absolute Gasteiger partial charge is 0.306 e. The molecule has 114 valence electrons. The monoisotopic (exact) mass is 397 g/mol. The van der Waals surface area contributed by atoms with Crippen molar-refractivity contribution < 1.29 is 13.2 Å². The topological polar surface area (TPSA) is 12.0 Å². The minimum absolute atomic E-state index is 0.200. The van der Waals surface area contributed by atoms with Gasteiger partial charge in [-0.25, -0.2) is 0 Å². The van der Waals surface area contributed by atoms with E-state index < -0.39 is 17.8 Å². The Labute approximate surface area is 138 Å². The fourth-order valence-corrected chi connectivity index (χ4v) is 3.59. The first-order chi connectivity index (χ1) is 9.82. The van der Waals surface area contributed by atoms with E-state index in [-0.39, 0.29) is 5.56 Å². The van der Waals surface area contributed by atoms with Crippen LogP contribution in [-0.4, -0.2) is 6.54 Å². The normalized spacial score (nSPS) is 13.4. The lowest BCUT2D eigenvalue weighted by molar-refractivity contribution is -0.138. The number of alkyl halides is 3. The van der Waals surface area contributed by atoms with Gasteiger partial charge in [-0.15, -0.1) is 11.3 Å². The van der Waals surface area contributed by atoms with Gasteiger partial charge in [0.05, 0.1) is 15.9 Å². The summed E-state index contributed by atoms with van der Waals surface area (Å²) in [5.41, 5.74) is -0.446. The molecular weight excluding hydrogens is 387 g/mol. The molecule has 0 aliphatic heterocycles. The summed E-state index contributed by atoms with van der Waals surface area (Å²) in [4.78, 5) is 0.759. The zero-order valence-electron chi connectivity index (χ0n) is 11.0. The van der Waals surface area contributed by atoms with Crippen molar-refractivity contribution >= 4 is 38.9 Å². The van der Waals surface area contributed by atoms with Crippen molar-refractivity contribution in [3.8, 4) is 0 Å². The third-order valence-electron chi connectivity index (χ3n) is 2.92. The third kappa shape index (κ3) is 4.00. The molecule has 0 fully saturated rings. The molecule has 0 bridgehead atoms. The van der Waals surface area contributed by atoms with E-state index in [1.54, 1.807) is 18.2 Å². The zero-order valence-corrected chi connectivity index (χ0v) is 14.1. The van der Waals surface area contributed by atoms with Crippen LogP contribution in [0.4, 0.5) is 13.2 Å². The number of rotatable bonds is 4. The highest BCUT2D eigenvalue weighted by Gasteiger charge is 2.36. The Bertz CT molecular complexity index is 627. The maximum Gasteiger partial charge on any atom is 0.416 e. The Morgan fingerprint density at radius 1 is 1.29 bits per heavy atom. The van der Waals surface area contributed by atoms with E-state index in [9.17, 15) is 13.2 Å². The Balaban J connectivity index is 2.55. The van der Waals surface area contributed by atoms with Crippen LogP contribution in [0.2, 0.25) is 4.34 Å². The van der Waals surface area contributed by atoms with E-state index in [0.29, 0.717) is 15.4 Å². The van der Waals surface area contributed by atoms with E-state index >= 15 is 0 Å². The number of hydrogen-bond donors (Lipinski definition) is 1. The molecule has 1 unspecified atom stereocenters. The highest BCUT2D eigenvalue weighted by atomic mass is 79.9. The molecule has 0 aliphatic carbocycles. The first-order valence-corrected chi connectivity index (χ1v) is 8.17. The second-order valence-electron chi connectivity index (χ2n) is 4.36. The fraction of sp³-hybridized carbons (Fsp3) is 0.286. The number of halogens is 5. The Morgan fingerprint density at radius 2 is 2.00 bits per heavy atom. The molecule has 0 aliphatic rings. The molecule has 21 heavy (non-hydrogen) atoms. The van der Waals surface area contributed by atoms with Crippen LogP contribution < -0.4 is 5.32 Å². The van der Waals surface area contributed by atoms with Crippen molar-refractivity contribution in [1.29, 1.82) is 0 Å². The van der Waals surface area contributed by atoms with Gasteiger partial charge in [-0.3, -0.25) is 0 Å². The Hall–Kier alpha value is -0.560. The SMILES string of the molecule is CCNC(c1ccc(Cl)s1)c1ccc(Br)cc1C(F)(F)F. The maximum atomic E-state index is 13.3. The van der Waals surface area contributed by atoms with Crippen molar-refractivity contribution in [2.45, 2.75) is 19.1 Å². The molecule has 0 spiro atoms. The van der Waals surface area contributed by atoms with Crippen molar-refractivity contribution in [2.24, 2.45) is 0 Å². The van der Waals surface area contributed by atoms with Crippen molar-refractivity contribution in [3.63, 3.8) is 0 Å². The van der Waals surface area contributed by atoms with E-state index in [0.717, 1.165) is 10.9 Å². The number of thiophene rings is 1. The van der Waals surface area contributed by atoms with Gasteiger partial charge < -0.3 is 5.32 Å². The highest BCUT2D eigenvalue weighted by Crippen LogP contribution is 2.40. The summed E-state index contributed by atoms with van der Waals surface area (Å²) >= 11 is 10.3. The summed E-state index contributed by atoms with van der Waals surface area (Å²) < 4.78 is 40.8. The second kappa shape index (κ2) is 6.69. The van der Waals surface area contributed by atoms with Crippen LogP contribution in [0.25, 0.3) is 0 Å². The quantitative estimate of drug-likeness (QED) is 0.678. The summed E-state index contributed by atoms with van der Waals surface area (Å²) in [5, 5.41) is 3.10. The van der Waals surface area contributed by atoms with Crippen LogP contribution in [0.5, 0.6) is 0 Å². The Morgan fingerprint density at radius 3 is 2.52 bits per heavy atom. The summed E-state index contributed by atoms with van der Waals surface area (Å²) in [5.74, 6) is 0. The molecule has 1 atom stereocenters. The number of benzene rings is 1. The van der Waals surface area contributed by atoms with Crippen LogP contribution in [0.15, 0.2) is 34.8 Å². The molecule has 0 amide bonds. The molecule has 1 heterocycles. The minimum atomic E-state index is -4.41. The molecule has 1 aromatic heterocycles. The molecule has 2 rings (SSSR count). The van der Waals surface area contributed by atoms with Crippen molar-refractivity contribution in [2.75, 3.05) is 6.54 Å². The molecule has 1 nitrogen and oxygen atoms in total. The molecule has 0 saturated carbocycles. The summed E-state index contributed by atoms with van der Waals surface area (Å²) in [7, 11) is 0. The summed E-state index contributed by atoms with van der Waals surface area (Å²) in [6, 6.07) is 7.13. The Kier molecular flexibility index (Phi) is 5.35. The lowest BCUT2D eigenvalue weighted by atomic mass is 9.98. The molecule has 0 radical (unpaired) electrons. The molecule has 7 heteroatoms. The number of nitrogens with one attached hydrogen (secondary N) is 1. The molecule has 1 aromatic carbocycles. The van der Waals surface area contributed by atoms with Crippen LogP contribution in [-0.2, 0) is 6.18 Å². The van der Waals surface area contributed by atoms with Crippen LogP contribution in [0.3, 0.4) is 0 Å². The molecule has 2 aromatic rings. The predicted molar refractivity (Wildman–Crippen MR) is 84.0 cm³/mol. The van der Waals surface area contributed by atoms with Gasteiger partial charge in [0.2, 0.25) is 0 Å². The van der Waals surface area contributed by atoms with Gasteiger partial charge in [0.25, 0.3) is 0 Å². The predicted octanol–water partition coefficient (Wildman–Crippen LogP) is 5.88. The third-order valence-corrected chi connectivity index (χ3v) is 4.71. The minimum Gasteiger partial charge on any atom is -0.306 e. The second-order valence-corrected chi connectivity index (χ2v) is 7.02. The first kappa shape index (κ1) is 16.8. The van der Waals surface area contributed by atoms with Crippen molar-refractivity contribution in [3.05, 3.63) is 55.1 Å². The lowest BCUT2D eigenvalue weighted by Crippen LogP contribution is -2.24. The van der Waals surface area contributed by atoms with E-state index in [2.05, 4.69) is 21.2 Å². The molecule has 0 saturated heterocycles. The van der Waals surface area contributed by atoms with E-state index in [1.807, 2.05) is 6.92 Å².